The average molecular weight is 319 g/mol. The monoisotopic (exact) mass is 319 g/mol. The zero-order valence-corrected chi connectivity index (χ0v) is 13.5. The van der Waals surface area contributed by atoms with Gasteiger partial charge >= 0.3 is 0 Å². The zero-order chi connectivity index (χ0) is 15.9. The van der Waals surface area contributed by atoms with Crippen LogP contribution in [0.5, 0.6) is 0 Å². The highest BCUT2D eigenvalue weighted by Gasteiger charge is 2.40. The fourth-order valence-corrected chi connectivity index (χ4v) is 3.97. The van der Waals surface area contributed by atoms with E-state index in [1.807, 2.05) is 0 Å². The summed E-state index contributed by atoms with van der Waals surface area (Å²) >= 11 is 0. The van der Waals surface area contributed by atoms with Crippen molar-refractivity contribution >= 4 is 5.91 Å². The van der Waals surface area contributed by atoms with Gasteiger partial charge in [0, 0.05) is 19.0 Å². The molecule has 0 bridgehead atoms. The Balaban J connectivity index is 1.45. The fourth-order valence-electron chi connectivity index (χ4n) is 3.97. The van der Waals surface area contributed by atoms with Crippen LogP contribution in [0.2, 0.25) is 0 Å². The number of nitrogens with zero attached hydrogens (tertiary/aromatic N) is 3. The largest absolute Gasteiger partial charge is 0.447 e. The van der Waals surface area contributed by atoms with E-state index in [2.05, 4.69) is 9.88 Å². The van der Waals surface area contributed by atoms with Crippen LogP contribution in [-0.4, -0.2) is 64.1 Å². The standard InChI is InChI=1S/C17H25N3O3/c21-16(14-15(13-4-5-13)23-12-18-14)20-9-3-6-17(22,11-20)10-19-7-1-2-8-19/h12-13,22H,1-11H2/t17-/m1/s1. The van der Waals surface area contributed by atoms with Gasteiger partial charge in [-0.1, -0.05) is 0 Å². The molecule has 126 valence electrons. The van der Waals surface area contributed by atoms with E-state index in [9.17, 15) is 9.90 Å². The van der Waals surface area contributed by atoms with E-state index in [4.69, 9.17) is 4.42 Å². The van der Waals surface area contributed by atoms with Gasteiger partial charge in [0.15, 0.2) is 12.1 Å². The Morgan fingerprint density at radius 3 is 2.83 bits per heavy atom. The van der Waals surface area contributed by atoms with E-state index in [1.54, 1.807) is 4.90 Å². The molecule has 0 radical (unpaired) electrons. The minimum Gasteiger partial charge on any atom is -0.447 e. The highest BCUT2D eigenvalue weighted by atomic mass is 16.3. The highest BCUT2D eigenvalue weighted by Crippen LogP contribution is 2.41. The van der Waals surface area contributed by atoms with E-state index >= 15 is 0 Å². The molecule has 4 rings (SSSR count). The van der Waals surface area contributed by atoms with Crippen LogP contribution >= 0.6 is 0 Å². The number of aromatic nitrogens is 1. The molecule has 1 aliphatic carbocycles. The quantitative estimate of drug-likeness (QED) is 0.913. The molecule has 3 aliphatic rings. The third-order valence-corrected chi connectivity index (χ3v) is 5.30. The number of oxazole rings is 1. The van der Waals surface area contributed by atoms with Gasteiger partial charge < -0.3 is 19.3 Å². The summed E-state index contributed by atoms with van der Waals surface area (Å²) in [5, 5.41) is 11.0. The molecular weight excluding hydrogens is 294 g/mol. The second-order valence-corrected chi connectivity index (χ2v) is 7.38. The van der Waals surface area contributed by atoms with Crippen molar-refractivity contribution in [2.75, 3.05) is 32.7 Å². The molecule has 1 atom stereocenters. The third-order valence-electron chi connectivity index (χ3n) is 5.30. The Labute approximate surface area is 136 Å². The van der Waals surface area contributed by atoms with Gasteiger partial charge in [0.05, 0.1) is 12.1 Å². The van der Waals surface area contributed by atoms with Crippen molar-refractivity contribution in [3.63, 3.8) is 0 Å². The number of piperidine rings is 1. The van der Waals surface area contributed by atoms with Gasteiger partial charge in [-0.3, -0.25) is 4.79 Å². The van der Waals surface area contributed by atoms with Crippen molar-refractivity contribution in [2.24, 2.45) is 0 Å². The Morgan fingerprint density at radius 1 is 1.30 bits per heavy atom. The number of rotatable bonds is 4. The van der Waals surface area contributed by atoms with Crippen LogP contribution in [0.25, 0.3) is 0 Å². The second kappa shape index (κ2) is 5.91. The maximum atomic E-state index is 12.8. The molecule has 1 N–H and O–H groups in total. The van der Waals surface area contributed by atoms with Crippen LogP contribution in [0.15, 0.2) is 10.8 Å². The lowest BCUT2D eigenvalue weighted by molar-refractivity contribution is -0.0432. The number of carbonyl (C=O) groups is 1. The molecule has 3 heterocycles. The van der Waals surface area contributed by atoms with Gasteiger partial charge in [-0.05, 0) is 51.6 Å². The van der Waals surface area contributed by atoms with Crippen LogP contribution in [0.4, 0.5) is 0 Å². The van der Waals surface area contributed by atoms with Gasteiger partial charge in [0.2, 0.25) is 0 Å². The Kier molecular flexibility index (Phi) is 3.89. The number of β-amino-alcohol motifs (C(OH)–C–C–N with tert-alkyl or cyclic N) is 1. The smallest absolute Gasteiger partial charge is 0.276 e. The highest BCUT2D eigenvalue weighted by molar-refractivity contribution is 5.93. The summed E-state index contributed by atoms with van der Waals surface area (Å²) < 4.78 is 5.43. The van der Waals surface area contributed by atoms with E-state index in [0.29, 0.717) is 31.2 Å². The molecule has 23 heavy (non-hydrogen) atoms. The van der Waals surface area contributed by atoms with Gasteiger partial charge in [-0.25, -0.2) is 4.98 Å². The first kappa shape index (κ1) is 15.1. The molecule has 0 spiro atoms. The van der Waals surface area contributed by atoms with E-state index in [1.165, 1.54) is 19.2 Å². The maximum Gasteiger partial charge on any atom is 0.276 e. The molecule has 3 fully saturated rings. The first-order valence-electron chi connectivity index (χ1n) is 8.82. The van der Waals surface area contributed by atoms with Gasteiger partial charge in [0.1, 0.15) is 5.76 Å². The van der Waals surface area contributed by atoms with Gasteiger partial charge in [-0.2, -0.15) is 0 Å². The Bertz CT molecular complexity index is 577. The molecule has 2 aliphatic heterocycles. The maximum absolute atomic E-state index is 12.8. The van der Waals surface area contributed by atoms with Gasteiger partial charge in [-0.15, -0.1) is 0 Å². The zero-order valence-electron chi connectivity index (χ0n) is 13.5. The minimum atomic E-state index is -0.790. The minimum absolute atomic E-state index is 0.0832. The summed E-state index contributed by atoms with van der Waals surface area (Å²) in [6.45, 7) is 3.89. The van der Waals surface area contributed by atoms with Crippen molar-refractivity contribution in [1.82, 2.24) is 14.8 Å². The van der Waals surface area contributed by atoms with Crippen LogP contribution in [-0.2, 0) is 0 Å². The molecule has 2 saturated heterocycles. The Hall–Kier alpha value is -1.40. The van der Waals surface area contributed by atoms with Gasteiger partial charge in [0.25, 0.3) is 5.91 Å². The van der Waals surface area contributed by atoms with Crippen LogP contribution in [0.1, 0.15) is 60.7 Å². The number of hydrogen-bond acceptors (Lipinski definition) is 5. The fraction of sp³-hybridized carbons (Fsp3) is 0.765. The molecule has 1 saturated carbocycles. The van der Waals surface area contributed by atoms with Crippen LogP contribution in [0.3, 0.4) is 0 Å². The number of carbonyl (C=O) groups excluding carboxylic acids is 1. The van der Waals surface area contributed by atoms with E-state index in [-0.39, 0.29) is 5.91 Å². The number of aliphatic hydroxyl groups is 1. The summed E-state index contributed by atoms with van der Waals surface area (Å²) in [7, 11) is 0. The van der Waals surface area contributed by atoms with Crippen LogP contribution < -0.4 is 0 Å². The summed E-state index contributed by atoms with van der Waals surface area (Å²) in [6.07, 6.45) is 7.56. The lowest BCUT2D eigenvalue weighted by Gasteiger charge is -2.41. The van der Waals surface area contributed by atoms with Crippen molar-refractivity contribution in [3.8, 4) is 0 Å². The second-order valence-electron chi connectivity index (χ2n) is 7.38. The third kappa shape index (κ3) is 3.15. The van der Waals surface area contributed by atoms with E-state index < -0.39 is 5.60 Å². The molecule has 0 aromatic carbocycles. The summed E-state index contributed by atoms with van der Waals surface area (Å²) in [5.41, 5.74) is -0.334. The first-order chi connectivity index (χ1) is 11.1. The normalized spacial score (nSPS) is 29.2. The SMILES string of the molecule is O=C(c1ncoc1C1CC1)N1CCC[C@@](O)(CN2CCCC2)C1. The number of amides is 1. The molecule has 1 aromatic rings. The van der Waals surface area contributed by atoms with Crippen molar-refractivity contribution in [3.05, 3.63) is 17.8 Å². The molecule has 1 aromatic heterocycles. The number of likely N-dealkylation sites (tertiary alicyclic amines) is 2. The molecule has 1 amide bonds. The van der Waals surface area contributed by atoms with Crippen molar-refractivity contribution < 1.29 is 14.3 Å². The number of hydrogen-bond donors (Lipinski definition) is 1. The van der Waals surface area contributed by atoms with Crippen molar-refractivity contribution in [1.29, 1.82) is 0 Å². The topological polar surface area (TPSA) is 69.8 Å². The Morgan fingerprint density at radius 2 is 2.09 bits per heavy atom. The predicted molar refractivity (Wildman–Crippen MR) is 84.2 cm³/mol. The predicted octanol–water partition coefficient (Wildman–Crippen LogP) is 1.61. The molecule has 6 nitrogen and oxygen atoms in total. The van der Waals surface area contributed by atoms with Crippen molar-refractivity contribution in [2.45, 2.75) is 50.0 Å². The average Bonchev–Trinajstić information content (AvgIpc) is 3.05. The lowest BCUT2D eigenvalue weighted by atomic mass is 9.92. The first-order valence-corrected chi connectivity index (χ1v) is 8.82. The molecule has 6 heteroatoms. The summed E-state index contributed by atoms with van der Waals surface area (Å²) in [5.74, 6) is 1.02. The summed E-state index contributed by atoms with van der Waals surface area (Å²) in [6, 6.07) is 0. The molecule has 0 unspecified atom stereocenters. The molecular formula is C17H25N3O3. The lowest BCUT2D eigenvalue weighted by Crippen LogP contribution is -2.55. The van der Waals surface area contributed by atoms with E-state index in [0.717, 1.165) is 44.5 Å². The summed E-state index contributed by atoms with van der Waals surface area (Å²) in [4.78, 5) is 21.1. The van der Waals surface area contributed by atoms with Crippen LogP contribution in [0, 0.1) is 0 Å².